The molecule has 1 aromatic rings. The van der Waals surface area contributed by atoms with Crippen molar-refractivity contribution in [3.8, 4) is 5.75 Å². The van der Waals surface area contributed by atoms with Crippen LogP contribution in [-0.4, -0.2) is 22.1 Å². The number of aromatic carboxylic acids is 1. The molecule has 6 nitrogen and oxygen atoms in total. The molecule has 0 radical (unpaired) electrons. The Hall–Kier alpha value is -2.11. The van der Waals surface area contributed by atoms with Crippen LogP contribution < -0.4 is 4.74 Å². The molecule has 0 bridgehead atoms. The van der Waals surface area contributed by atoms with Gasteiger partial charge in [0.1, 0.15) is 11.3 Å². The van der Waals surface area contributed by atoms with E-state index in [1.54, 1.807) is 0 Å². The molecule has 1 rings (SSSR count). The second kappa shape index (κ2) is 6.00. The molecule has 0 spiro atoms. The summed E-state index contributed by atoms with van der Waals surface area (Å²) < 4.78 is 5.48. The van der Waals surface area contributed by atoms with Crippen molar-refractivity contribution < 1.29 is 19.6 Å². The molecule has 0 saturated heterocycles. The topological polar surface area (TPSA) is 89.7 Å². The van der Waals surface area contributed by atoms with Crippen molar-refractivity contribution in [2.75, 3.05) is 0 Å². The molecule has 6 heteroatoms. The highest BCUT2D eigenvalue weighted by Gasteiger charge is 2.20. The van der Waals surface area contributed by atoms with Gasteiger partial charge in [0.25, 0.3) is 5.69 Å². The number of carboxylic acid groups (broad SMARTS) is 1. The van der Waals surface area contributed by atoms with E-state index in [0.717, 1.165) is 18.9 Å². The van der Waals surface area contributed by atoms with Crippen molar-refractivity contribution in [2.45, 2.75) is 32.8 Å². The van der Waals surface area contributed by atoms with E-state index >= 15 is 0 Å². The lowest BCUT2D eigenvalue weighted by Gasteiger charge is -2.13. The van der Waals surface area contributed by atoms with Gasteiger partial charge in [-0.1, -0.05) is 13.3 Å². The minimum Gasteiger partial charge on any atom is -0.490 e. The highest BCUT2D eigenvalue weighted by molar-refractivity contribution is 5.92. The predicted octanol–water partition coefficient (Wildman–Crippen LogP) is 2.86. The molecule has 98 valence electrons. The van der Waals surface area contributed by atoms with Gasteiger partial charge in [-0.25, -0.2) is 4.79 Å². The Bertz CT molecular complexity index is 458. The summed E-state index contributed by atoms with van der Waals surface area (Å²) in [4.78, 5) is 20.9. The Morgan fingerprint density at radius 3 is 2.72 bits per heavy atom. The second-order valence-corrected chi connectivity index (χ2v) is 3.96. The van der Waals surface area contributed by atoms with Gasteiger partial charge in [-0.3, -0.25) is 10.1 Å². The number of rotatable bonds is 6. The monoisotopic (exact) mass is 253 g/mol. The van der Waals surface area contributed by atoms with E-state index in [1.165, 1.54) is 12.1 Å². The predicted molar refractivity (Wildman–Crippen MR) is 65.1 cm³/mol. The minimum atomic E-state index is -1.32. The van der Waals surface area contributed by atoms with Gasteiger partial charge in [-0.15, -0.1) is 0 Å². The van der Waals surface area contributed by atoms with Crippen molar-refractivity contribution in [3.05, 3.63) is 33.9 Å². The van der Waals surface area contributed by atoms with Gasteiger partial charge in [-0.05, 0) is 25.5 Å². The molecule has 0 aromatic heterocycles. The van der Waals surface area contributed by atoms with Crippen LogP contribution in [0.5, 0.6) is 5.75 Å². The van der Waals surface area contributed by atoms with Gasteiger partial charge in [-0.2, -0.15) is 0 Å². The van der Waals surface area contributed by atoms with Crippen LogP contribution in [0.15, 0.2) is 18.2 Å². The SMILES string of the molecule is CCCC(C)Oc1ccc(C(=O)O)c([N+](=O)[O-])c1. The van der Waals surface area contributed by atoms with Gasteiger partial charge < -0.3 is 9.84 Å². The fourth-order valence-electron chi connectivity index (χ4n) is 1.61. The Labute approximate surface area is 104 Å². The smallest absolute Gasteiger partial charge is 0.342 e. The Balaban J connectivity index is 3.00. The Morgan fingerprint density at radius 1 is 1.56 bits per heavy atom. The zero-order valence-corrected chi connectivity index (χ0v) is 10.3. The van der Waals surface area contributed by atoms with Gasteiger partial charge in [0.15, 0.2) is 0 Å². The first-order chi connectivity index (χ1) is 8.45. The van der Waals surface area contributed by atoms with E-state index in [2.05, 4.69) is 0 Å². The summed E-state index contributed by atoms with van der Waals surface area (Å²) in [5.74, 6) is -1.01. The summed E-state index contributed by atoms with van der Waals surface area (Å²) in [7, 11) is 0. The summed E-state index contributed by atoms with van der Waals surface area (Å²) in [6, 6.07) is 3.77. The highest BCUT2D eigenvalue weighted by atomic mass is 16.6. The first-order valence-corrected chi connectivity index (χ1v) is 5.64. The van der Waals surface area contributed by atoms with E-state index < -0.39 is 16.6 Å². The van der Waals surface area contributed by atoms with E-state index in [-0.39, 0.29) is 11.7 Å². The molecule has 0 aliphatic rings. The molecule has 1 unspecified atom stereocenters. The van der Waals surface area contributed by atoms with Crippen LogP contribution in [-0.2, 0) is 0 Å². The number of ether oxygens (including phenoxy) is 1. The number of hydrogen-bond donors (Lipinski definition) is 1. The van der Waals surface area contributed by atoms with E-state index in [9.17, 15) is 14.9 Å². The number of nitro groups is 1. The van der Waals surface area contributed by atoms with Crippen LogP contribution in [0.3, 0.4) is 0 Å². The van der Waals surface area contributed by atoms with Crippen molar-refractivity contribution in [1.29, 1.82) is 0 Å². The van der Waals surface area contributed by atoms with Gasteiger partial charge in [0.05, 0.1) is 17.1 Å². The number of carbonyl (C=O) groups is 1. The molecular formula is C12H15NO5. The lowest BCUT2D eigenvalue weighted by molar-refractivity contribution is -0.385. The van der Waals surface area contributed by atoms with Crippen LogP contribution in [0.2, 0.25) is 0 Å². The lowest BCUT2D eigenvalue weighted by Crippen LogP contribution is -2.11. The van der Waals surface area contributed by atoms with E-state index in [4.69, 9.17) is 9.84 Å². The van der Waals surface area contributed by atoms with E-state index in [1.807, 2.05) is 13.8 Å². The summed E-state index contributed by atoms with van der Waals surface area (Å²) in [5, 5.41) is 19.6. The first-order valence-electron chi connectivity index (χ1n) is 5.64. The van der Waals surface area contributed by atoms with Crippen LogP contribution in [0.25, 0.3) is 0 Å². The standard InChI is InChI=1S/C12H15NO5/c1-3-4-8(2)18-9-5-6-10(12(14)15)11(7-9)13(16)17/h5-8H,3-4H2,1-2H3,(H,14,15). The van der Waals surface area contributed by atoms with Crippen LogP contribution in [0.4, 0.5) is 5.69 Å². The Kier molecular flexibility index (Phi) is 4.65. The minimum absolute atomic E-state index is 0.0646. The van der Waals surface area contributed by atoms with Crippen LogP contribution >= 0.6 is 0 Å². The van der Waals surface area contributed by atoms with Gasteiger partial charge in [0.2, 0.25) is 0 Å². The molecule has 18 heavy (non-hydrogen) atoms. The fourth-order valence-corrected chi connectivity index (χ4v) is 1.61. The zero-order valence-electron chi connectivity index (χ0n) is 10.3. The van der Waals surface area contributed by atoms with Gasteiger partial charge in [0, 0.05) is 0 Å². The maximum Gasteiger partial charge on any atom is 0.342 e. The second-order valence-electron chi connectivity index (χ2n) is 3.96. The number of nitrogens with zero attached hydrogens (tertiary/aromatic N) is 1. The first kappa shape index (κ1) is 14.0. The molecule has 0 amide bonds. The number of nitro benzene ring substituents is 1. The third-order valence-electron chi connectivity index (χ3n) is 2.43. The Morgan fingerprint density at radius 2 is 2.22 bits per heavy atom. The molecule has 0 aliphatic carbocycles. The number of carboxylic acids is 1. The average Bonchev–Trinajstić information content (AvgIpc) is 2.28. The molecule has 1 atom stereocenters. The maximum absolute atomic E-state index is 10.8. The molecule has 1 N–H and O–H groups in total. The highest BCUT2D eigenvalue weighted by Crippen LogP contribution is 2.25. The lowest BCUT2D eigenvalue weighted by atomic mass is 10.1. The van der Waals surface area contributed by atoms with Crippen molar-refractivity contribution in [3.63, 3.8) is 0 Å². The summed E-state index contributed by atoms with van der Waals surface area (Å²) in [6.07, 6.45) is 1.70. The van der Waals surface area contributed by atoms with Crippen LogP contribution in [0, 0.1) is 10.1 Å². The quantitative estimate of drug-likeness (QED) is 0.621. The van der Waals surface area contributed by atoms with Crippen molar-refractivity contribution >= 4 is 11.7 Å². The summed E-state index contributed by atoms with van der Waals surface area (Å²) in [5.41, 5.74) is -0.792. The number of hydrogen-bond acceptors (Lipinski definition) is 4. The molecule has 1 aromatic carbocycles. The third kappa shape index (κ3) is 3.44. The molecular weight excluding hydrogens is 238 g/mol. The average molecular weight is 253 g/mol. The normalized spacial score (nSPS) is 11.9. The molecule has 0 fully saturated rings. The molecule has 0 heterocycles. The van der Waals surface area contributed by atoms with Crippen molar-refractivity contribution in [2.24, 2.45) is 0 Å². The maximum atomic E-state index is 10.8. The zero-order chi connectivity index (χ0) is 13.7. The number of benzene rings is 1. The van der Waals surface area contributed by atoms with Gasteiger partial charge >= 0.3 is 5.97 Å². The fraction of sp³-hybridized carbons (Fsp3) is 0.417. The summed E-state index contributed by atoms with van der Waals surface area (Å²) in [6.45, 7) is 3.87. The molecule has 0 aliphatic heterocycles. The van der Waals surface area contributed by atoms with Crippen LogP contribution in [0.1, 0.15) is 37.0 Å². The van der Waals surface area contributed by atoms with Crippen molar-refractivity contribution in [1.82, 2.24) is 0 Å². The largest absolute Gasteiger partial charge is 0.490 e. The third-order valence-corrected chi connectivity index (χ3v) is 2.43. The summed E-state index contributed by atoms with van der Waals surface area (Å²) >= 11 is 0. The van der Waals surface area contributed by atoms with E-state index in [0.29, 0.717) is 5.75 Å². The molecule has 0 saturated carbocycles.